The van der Waals surface area contributed by atoms with Crippen molar-refractivity contribution in [1.82, 2.24) is 15.7 Å². The molecule has 1 aromatic carbocycles. The molecule has 12 heteroatoms. The highest BCUT2D eigenvalue weighted by Crippen LogP contribution is 2.18. The first-order chi connectivity index (χ1) is 17.5. The van der Waals surface area contributed by atoms with Crippen molar-refractivity contribution < 1.29 is 28.8 Å². The Balaban J connectivity index is 2.14. The van der Waals surface area contributed by atoms with E-state index in [1.165, 1.54) is 6.92 Å². The van der Waals surface area contributed by atoms with Gasteiger partial charge < -0.3 is 20.4 Å². The first-order valence-electron chi connectivity index (χ1n) is 12.2. The van der Waals surface area contributed by atoms with Gasteiger partial charge in [-0.1, -0.05) is 26.0 Å². The highest BCUT2D eigenvalue weighted by molar-refractivity contribution is 6.18. The summed E-state index contributed by atoms with van der Waals surface area (Å²) in [7, 11) is 0. The molecule has 0 spiro atoms. The molecule has 1 aliphatic rings. The highest BCUT2D eigenvalue weighted by atomic mass is 35.5. The molecule has 1 aromatic rings. The summed E-state index contributed by atoms with van der Waals surface area (Å²) in [5.74, 6) is -2.26. The maximum atomic E-state index is 13.2. The number of imide groups is 1. The third-order valence-corrected chi connectivity index (χ3v) is 5.98. The molecule has 1 saturated heterocycles. The quantitative estimate of drug-likeness (QED) is 0.265. The second kappa shape index (κ2) is 14.8. The third kappa shape index (κ3) is 9.51. The Morgan fingerprint density at radius 2 is 1.54 bits per heavy atom. The Bertz CT molecular complexity index is 950. The van der Waals surface area contributed by atoms with Crippen LogP contribution in [0.5, 0.6) is 0 Å². The number of hydroxylamine groups is 2. The van der Waals surface area contributed by atoms with Crippen molar-refractivity contribution in [3.05, 3.63) is 29.8 Å². The number of nitrogens with one attached hydrogen (secondary N) is 2. The fourth-order valence-corrected chi connectivity index (χ4v) is 4.28. The monoisotopic (exact) mass is 556 g/mol. The minimum Gasteiger partial charge on any atom is -0.369 e. The zero-order chi connectivity index (χ0) is 27.5. The zero-order valence-corrected chi connectivity index (χ0v) is 22.8. The molecule has 0 aromatic heterocycles. The minimum absolute atomic E-state index is 0.0153. The second-order valence-electron chi connectivity index (χ2n) is 9.17. The maximum absolute atomic E-state index is 13.2. The molecule has 1 fully saturated rings. The molecular formula is C25H34Cl2N4O6. The lowest BCUT2D eigenvalue weighted by Gasteiger charge is -2.25. The van der Waals surface area contributed by atoms with Gasteiger partial charge in [0.25, 0.3) is 11.8 Å². The lowest BCUT2D eigenvalue weighted by atomic mass is 10.0. The van der Waals surface area contributed by atoms with E-state index in [4.69, 9.17) is 28.0 Å². The van der Waals surface area contributed by atoms with Crippen molar-refractivity contribution >= 4 is 58.5 Å². The third-order valence-electron chi connectivity index (χ3n) is 5.64. The van der Waals surface area contributed by atoms with Crippen molar-refractivity contribution in [2.75, 3.05) is 29.7 Å². The fourth-order valence-electron chi connectivity index (χ4n) is 3.88. The van der Waals surface area contributed by atoms with Crippen molar-refractivity contribution in [3.63, 3.8) is 0 Å². The molecule has 37 heavy (non-hydrogen) atoms. The molecule has 0 radical (unpaired) electrons. The number of amides is 4. The van der Waals surface area contributed by atoms with Crippen LogP contribution < -0.4 is 15.5 Å². The number of carbonyl (C=O) groups is 5. The lowest BCUT2D eigenvalue weighted by molar-refractivity contribution is -0.199. The summed E-state index contributed by atoms with van der Waals surface area (Å²) >= 11 is 11.8. The van der Waals surface area contributed by atoms with E-state index >= 15 is 0 Å². The number of benzene rings is 1. The van der Waals surface area contributed by atoms with Crippen molar-refractivity contribution in [3.8, 4) is 0 Å². The van der Waals surface area contributed by atoms with Crippen LogP contribution in [-0.4, -0.2) is 71.6 Å². The Morgan fingerprint density at radius 1 is 0.973 bits per heavy atom. The molecule has 2 N–H and O–H groups in total. The number of rotatable bonds is 14. The van der Waals surface area contributed by atoms with Gasteiger partial charge in [0.05, 0.1) is 0 Å². The molecule has 10 nitrogen and oxygen atoms in total. The predicted octanol–water partition coefficient (Wildman–Crippen LogP) is 2.16. The topological polar surface area (TPSA) is 125 Å². The number of nitrogens with zero attached hydrogens (tertiary/aromatic N) is 2. The van der Waals surface area contributed by atoms with Gasteiger partial charge in [-0.15, -0.1) is 28.3 Å². The average Bonchev–Trinajstić information content (AvgIpc) is 3.15. The van der Waals surface area contributed by atoms with Gasteiger partial charge in [0.15, 0.2) is 0 Å². The summed E-state index contributed by atoms with van der Waals surface area (Å²) in [4.78, 5) is 68.5. The summed E-state index contributed by atoms with van der Waals surface area (Å²) in [5, 5.41) is 5.70. The number of anilines is 1. The van der Waals surface area contributed by atoms with Crippen LogP contribution in [0.2, 0.25) is 0 Å². The summed E-state index contributed by atoms with van der Waals surface area (Å²) in [6.07, 6.45) is 0.307. The fraction of sp³-hybridized carbons (Fsp3) is 0.560. The van der Waals surface area contributed by atoms with Gasteiger partial charge in [0, 0.05) is 56.7 Å². The zero-order valence-electron chi connectivity index (χ0n) is 21.3. The van der Waals surface area contributed by atoms with Crippen molar-refractivity contribution in [1.29, 1.82) is 0 Å². The molecule has 0 aliphatic carbocycles. The summed E-state index contributed by atoms with van der Waals surface area (Å²) < 4.78 is 0. The molecule has 1 heterocycles. The molecule has 4 amide bonds. The van der Waals surface area contributed by atoms with Gasteiger partial charge in [-0.05, 0) is 30.0 Å². The van der Waals surface area contributed by atoms with Crippen molar-refractivity contribution in [2.45, 2.75) is 58.5 Å². The Morgan fingerprint density at radius 3 is 2.03 bits per heavy atom. The number of alkyl halides is 2. The van der Waals surface area contributed by atoms with Crippen LogP contribution in [0.15, 0.2) is 24.3 Å². The number of hydrogen-bond donors (Lipinski definition) is 2. The van der Waals surface area contributed by atoms with Crippen LogP contribution in [0, 0.1) is 5.92 Å². The second-order valence-corrected chi connectivity index (χ2v) is 9.93. The average molecular weight is 557 g/mol. The smallest absolute Gasteiger partial charge is 0.355 e. The van der Waals surface area contributed by atoms with Gasteiger partial charge in [-0.3, -0.25) is 19.2 Å². The number of hydrogen-bond acceptors (Lipinski definition) is 7. The van der Waals surface area contributed by atoms with Gasteiger partial charge in [0.1, 0.15) is 12.1 Å². The van der Waals surface area contributed by atoms with Crippen LogP contribution in [0.3, 0.4) is 0 Å². The van der Waals surface area contributed by atoms with Gasteiger partial charge in [-0.2, -0.15) is 0 Å². The molecule has 2 unspecified atom stereocenters. The van der Waals surface area contributed by atoms with E-state index in [1.807, 2.05) is 43.0 Å². The summed E-state index contributed by atoms with van der Waals surface area (Å²) in [6.45, 7) is 6.26. The van der Waals surface area contributed by atoms with Crippen LogP contribution in [0.25, 0.3) is 0 Å². The van der Waals surface area contributed by atoms with Crippen LogP contribution in [0.1, 0.15) is 45.6 Å². The Kier molecular flexibility index (Phi) is 12.1. The van der Waals surface area contributed by atoms with E-state index in [1.54, 1.807) is 0 Å². The van der Waals surface area contributed by atoms with Crippen molar-refractivity contribution in [2.24, 2.45) is 5.92 Å². The molecule has 2 atom stereocenters. The lowest BCUT2D eigenvalue weighted by Crippen LogP contribution is -2.53. The van der Waals surface area contributed by atoms with E-state index in [-0.39, 0.29) is 31.6 Å². The molecule has 204 valence electrons. The first-order valence-corrected chi connectivity index (χ1v) is 13.2. The molecule has 1 aliphatic heterocycles. The predicted molar refractivity (Wildman–Crippen MR) is 140 cm³/mol. The van der Waals surface area contributed by atoms with E-state index in [2.05, 4.69) is 10.6 Å². The number of halogens is 2. The van der Waals surface area contributed by atoms with E-state index in [0.29, 0.717) is 29.9 Å². The first kappa shape index (κ1) is 30.4. The molecular weight excluding hydrogens is 523 g/mol. The molecule has 0 saturated carbocycles. The number of carbonyl (C=O) groups excluding carboxylic acids is 5. The van der Waals surface area contributed by atoms with E-state index < -0.39 is 41.7 Å². The normalized spacial score (nSPS) is 14.9. The Labute approximate surface area is 226 Å². The largest absolute Gasteiger partial charge is 0.369 e. The molecule has 0 bridgehead atoms. The van der Waals surface area contributed by atoms with Crippen LogP contribution in [0.4, 0.5) is 5.69 Å². The highest BCUT2D eigenvalue weighted by Gasteiger charge is 2.36. The van der Waals surface area contributed by atoms with Gasteiger partial charge >= 0.3 is 5.97 Å². The SMILES string of the molecule is CC(=O)NC(Cc1ccc(N(CCCl)CCCl)cc1)C(=O)NC(CC(C)C)C(=O)ON1C(=O)CCC1=O. The van der Waals surface area contributed by atoms with Gasteiger partial charge in [0.2, 0.25) is 11.8 Å². The van der Waals surface area contributed by atoms with E-state index in [9.17, 15) is 24.0 Å². The van der Waals surface area contributed by atoms with E-state index in [0.717, 1.165) is 11.3 Å². The summed E-state index contributed by atoms with van der Waals surface area (Å²) in [5.41, 5.74) is 1.71. The summed E-state index contributed by atoms with van der Waals surface area (Å²) in [6, 6.07) is 5.38. The van der Waals surface area contributed by atoms with Crippen LogP contribution in [-0.2, 0) is 35.2 Å². The standard InChI is InChI=1S/C25H34Cl2N4O6/c1-16(2)14-21(25(36)37-31-22(33)8-9-23(31)34)29-24(35)20(28-17(3)32)15-18-4-6-19(7-5-18)30(12-10-26)13-11-27/h4-7,16,20-21H,8-15H2,1-3H3,(H,28,32)(H,29,35). The maximum Gasteiger partial charge on any atom is 0.355 e. The molecule has 2 rings (SSSR count). The Hall–Kier alpha value is -2.85. The minimum atomic E-state index is -1.12. The van der Waals surface area contributed by atoms with Crippen LogP contribution >= 0.6 is 23.2 Å². The van der Waals surface area contributed by atoms with Gasteiger partial charge in [-0.25, -0.2) is 4.79 Å².